The molecule has 8 heteroatoms. The summed E-state index contributed by atoms with van der Waals surface area (Å²) in [6.45, 7) is 6.45. The first-order valence-electron chi connectivity index (χ1n) is 11.6. The fourth-order valence-electron chi connectivity index (χ4n) is 4.78. The Morgan fingerprint density at radius 1 is 1.26 bits per heavy atom. The number of hydrogen-bond donors (Lipinski definition) is 2. The Labute approximate surface area is 186 Å². The SMILES string of the molecule is CNC(=O)CN(C)Cc1noc([C@H](CCCC2CCCCC2)C(C(=O)O)C(C)(C)C)n1. The highest BCUT2D eigenvalue weighted by molar-refractivity contribution is 5.77. The third-order valence-electron chi connectivity index (χ3n) is 6.36. The molecule has 0 saturated heterocycles. The van der Waals surface area contributed by atoms with Gasteiger partial charge in [-0.2, -0.15) is 4.98 Å². The molecule has 1 aliphatic rings. The maximum absolute atomic E-state index is 12.2. The smallest absolute Gasteiger partial charge is 0.307 e. The minimum Gasteiger partial charge on any atom is -0.481 e. The summed E-state index contributed by atoms with van der Waals surface area (Å²) < 4.78 is 5.58. The van der Waals surface area contributed by atoms with Gasteiger partial charge >= 0.3 is 5.97 Å². The summed E-state index contributed by atoms with van der Waals surface area (Å²) in [6.07, 6.45) is 9.34. The van der Waals surface area contributed by atoms with Crippen LogP contribution < -0.4 is 5.32 Å². The molecular formula is C23H40N4O4. The molecule has 0 bridgehead atoms. The largest absolute Gasteiger partial charge is 0.481 e. The van der Waals surface area contributed by atoms with E-state index in [-0.39, 0.29) is 18.4 Å². The Morgan fingerprint density at radius 2 is 1.94 bits per heavy atom. The van der Waals surface area contributed by atoms with E-state index in [1.165, 1.54) is 32.1 Å². The molecular weight excluding hydrogens is 396 g/mol. The van der Waals surface area contributed by atoms with Gasteiger partial charge < -0.3 is 14.9 Å². The van der Waals surface area contributed by atoms with Crippen LogP contribution in [0.4, 0.5) is 0 Å². The molecule has 0 radical (unpaired) electrons. The number of aliphatic carboxylic acids is 1. The van der Waals surface area contributed by atoms with Crippen LogP contribution in [0.25, 0.3) is 0 Å². The predicted molar refractivity (Wildman–Crippen MR) is 118 cm³/mol. The van der Waals surface area contributed by atoms with Crippen molar-refractivity contribution >= 4 is 11.9 Å². The van der Waals surface area contributed by atoms with Crippen LogP contribution in [-0.4, -0.2) is 52.7 Å². The Kier molecular flexibility index (Phi) is 9.47. The average Bonchev–Trinajstić information content (AvgIpc) is 3.14. The number of nitrogens with zero attached hydrogens (tertiary/aromatic N) is 3. The standard InChI is InChI=1S/C23H40N4O4/c1-23(2,3)20(22(29)30)17(13-9-12-16-10-7-6-8-11-16)21-25-18(26-31-21)14-27(5)15-19(28)24-4/h16-17,20H,6-15H2,1-5H3,(H,24,28)(H,29,30)/t17-,20?/m1/s1. The number of amides is 1. The van der Waals surface area contributed by atoms with E-state index in [4.69, 9.17) is 4.52 Å². The van der Waals surface area contributed by atoms with Gasteiger partial charge in [-0.05, 0) is 24.8 Å². The number of nitrogens with one attached hydrogen (secondary N) is 1. The van der Waals surface area contributed by atoms with E-state index in [0.717, 1.165) is 25.2 Å². The van der Waals surface area contributed by atoms with Gasteiger partial charge in [-0.25, -0.2) is 0 Å². The Hall–Kier alpha value is -1.96. The summed E-state index contributed by atoms with van der Waals surface area (Å²) in [5.74, 6) is -0.241. The highest BCUT2D eigenvalue weighted by Crippen LogP contribution is 2.41. The van der Waals surface area contributed by atoms with Gasteiger partial charge in [0.25, 0.3) is 0 Å². The lowest BCUT2D eigenvalue weighted by Gasteiger charge is -2.32. The van der Waals surface area contributed by atoms with Gasteiger partial charge in [-0.15, -0.1) is 0 Å². The topological polar surface area (TPSA) is 109 Å². The van der Waals surface area contributed by atoms with E-state index in [1.807, 2.05) is 27.8 Å². The lowest BCUT2D eigenvalue weighted by molar-refractivity contribution is -0.147. The number of carbonyl (C=O) groups is 2. The van der Waals surface area contributed by atoms with Crippen molar-refractivity contribution in [2.24, 2.45) is 17.3 Å². The van der Waals surface area contributed by atoms with Gasteiger partial charge in [0.1, 0.15) is 0 Å². The van der Waals surface area contributed by atoms with Crippen molar-refractivity contribution in [1.82, 2.24) is 20.4 Å². The minimum absolute atomic E-state index is 0.0921. The van der Waals surface area contributed by atoms with Gasteiger partial charge in [0.05, 0.1) is 24.9 Å². The molecule has 8 nitrogen and oxygen atoms in total. The fraction of sp³-hybridized carbons (Fsp3) is 0.826. The third-order valence-corrected chi connectivity index (χ3v) is 6.36. The van der Waals surface area contributed by atoms with E-state index in [0.29, 0.717) is 18.3 Å². The lowest BCUT2D eigenvalue weighted by atomic mass is 9.71. The molecule has 2 N–H and O–H groups in total. The van der Waals surface area contributed by atoms with Gasteiger partial charge in [0.2, 0.25) is 11.8 Å². The zero-order valence-electron chi connectivity index (χ0n) is 19.8. The van der Waals surface area contributed by atoms with E-state index in [9.17, 15) is 14.7 Å². The van der Waals surface area contributed by atoms with Crippen LogP contribution in [0.2, 0.25) is 0 Å². The Morgan fingerprint density at radius 3 is 2.52 bits per heavy atom. The van der Waals surface area contributed by atoms with Crippen molar-refractivity contribution in [2.45, 2.75) is 84.6 Å². The molecule has 31 heavy (non-hydrogen) atoms. The highest BCUT2D eigenvalue weighted by Gasteiger charge is 2.41. The van der Waals surface area contributed by atoms with E-state index < -0.39 is 17.3 Å². The molecule has 1 fully saturated rings. The molecule has 176 valence electrons. The zero-order valence-corrected chi connectivity index (χ0v) is 19.8. The van der Waals surface area contributed by atoms with Crippen LogP contribution in [0.5, 0.6) is 0 Å². The van der Waals surface area contributed by atoms with E-state index in [2.05, 4.69) is 15.5 Å². The molecule has 2 atom stereocenters. The summed E-state index contributed by atoms with van der Waals surface area (Å²) in [4.78, 5) is 30.1. The Balaban J connectivity index is 2.12. The quantitative estimate of drug-likeness (QED) is 0.542. The number of carboxylic acid groups (broad SMARTS) is 1. The molecule has 0 aliphatic heterocycles. The summed E-state index contributed by atoms with van der Waals surface area (Å²) in [7, 11) is 3.40. The molecule has 1 aliphatic carbocycles. The van der Waals surface area contributed by atoms with Crippen molar-refractivity contribution in [3.63, 3.8) is 0 Å². The zero-order chi connectivity index (χ0) is 23.0. The molecule has 0 spiro atoms. The van der Waals surface area contributed by atoms with Crippen LogP contribution >= 0.6 is 0 Å². The maximum Gasteiger partial charge on any atom is 0.307 e. The monoisotopic (exact) mass is 436 g/mol. The second-order valence-electron chi connectivity index (χ2n) is 10.1. The van der Waals surface area contributed by atoms with Gasteiger partial charge in [0, 0.05) is 7.05 Å². The van der Waals surface area contributed by atoms with Crippen LogP contribution in [0, 0.1) is 17.3 Å². The number of hydrogen-bond acceptors (Lipinski definition) is 6. The predicted octanol–water partition coefficient (Wildman–Crippen LogP) is 3.83. The van der Waals surface area contributed by atoms with Crippen molar-refractivity contribution in [3.05, 3.63) is 11.7 Å². The van der Waals surface area contributed by atoms with Crippen LogP contribution in [-0.2, 0) is 16.1 Å². The Bertz CT molecular complexity index is 707. The minimum atomic E-state index is -0.827. The first-order valence-corrected chi connectivity index (χ1v) is 11.6. The summed E-state index contributed by atoms with van der Waals surface area (Å²) >= 11 is 0. The number of aromatic nitrogens is 2. The molecule has 1 aromatic heterocycles. The number of carbonyl (C=O) groups excluding carboxylic acids is 1. The van der Waals surface area contributed by atoms with Gasteiger partial charge in [0.15, 0.2) is 5.82 Å². The van der Waals surface area contributed by atoms with Crippen LogP contribution in [0.1, 0.15) is 89.8 Å². The van der Waals surface area contributed by atoms with Crippen molar-refractivity contribution in [1.29, 1.82) is 0 Å². The normalized spacial score (nSPS) is 17.5. The van der Waals surface area contributed by atoms with Crippen LogP contribution in [0.3, 0.4) is 0 Å². The fourth-order valence-corrected chi connectivity index (χ4v) is 4.78. The van der Waals surface area contributed by atoms with Gasteiger partial charge in [-0.3, -0.25) is 14.5 Å². The first-order chi connectivity index (χ1) is 14.6. The summed E-state index contributed by atoms with van der Waals surface area (Å²) in [5, 5.41) is 16.7. The van der Waals surface area contributed by atoms with E-state index in [1.54, 1.807) is 11.9 Å². The summed E-state index contributed by atoms with van der Waals surface area (Å²) in [6, 6.07) is 0. The molecule has 1 saturated carbocycles. The number of likely N-dealkylation sites (N-methyl/N-ethyl adjacent to an activating group) is 2. The molecule has 1 unspecified atom stereocenters. The summed E-state index contributed by atoms with van der Waals surface area (Å²) in [5.41, 5.74) is -0.439. The second-order valence-corrected chi connectivity index (χ2v) is 10.1. The molecule has 2 rings (SSSR count). The highest BCUT2D eigenvalue weighted by atomic mass is 16.5. The maximum atomic E-state index is 12.2. The number of rotatable bonds is 11. The van der Waals surface area contributed by atoms with Crippen molar-refractivity contribution < 1.29 is 19.2 Å². The molecule has 1 aromatic rings. The number of carboxylic acids is 1. The molecule has 1 amide bonds. The third kappa shape index (κ3) is 7.91. The molecule has 0 aromatic carbocycles. The van der Waals surface area contributed by atoms with Crippen molar-refractivity contribution in [2.75, 3.05) is 20.6 Å². The first kappa shape index (κ1) is 25.3. The average molecular weight is 437 g/mol. The lowest BCUT2D eigenvalue weighted by Crippen LogP contribution is -2.34. The molecule has 1 heterocycles. The van der Waals surface area contributed by atoms with Crippen molar-refractivity contribution in [3.8, 4) is 0 Å². The van der Waals surface area contributed by atoms with Gasteiger partial charge in [-0.1, -0.05) is 70.9 Å². The van der Waals surface area contributed by atoms with E-state index >= 15 is 0 Å². The second kappa shape index (κ2) is 11.6. The van der Waals surface area contributed by atoms with Crippen LogP contribution in [0.15, 0.2) is 4.52 Å².